The number of carbonyl (C=O) groups is 2. The number of hydrogen-bond acceptors (Lipinski definition) is 5. The number of ether oxygens (including phenoxy) is 2. The smallest absolute Gasteiger partial charge is 0.332 e. The molecule has 0 saturated heterocycles. The summed E-state index contributed by atoms with van der Waals surface area (Å²) in [6.45, 7) is 0.0256. The van der Waals surface area contributed by atoms with Crippen LogP contribution in [0.15, 0.2) is 18.2 Å². The summed E-state index contributed by atoms with van der Waals surface area (Å²) < 4.78 is 10.2. The summed E-state index contributed by atoms with van der Waals surface area (Å²) in [6.07, 6.45) is -1.58. The number of aliphatic carboxylic acids is 1. The minimum atomic E-state index is -1.50. The highest BCUT2D eigenvalue weighted by Gasteiger charge is 2.13. The predicted octanol–water partition coefficient (Wildman–Crippen LogP) is 0.661. The Kier molecular flexibility index (Phi) is 6.28. The molecule has 0 aliphatic rings. The number of hydrogen-bond donors (Lipinski definition) is 4. The van der Waals surface area contributed by atoms with Gasteiger partial charge in [0.1, 0.15) is 11.5 Å². The molecule has 1 aromatic rings. The van der Waals surface area contributed by atoms with Crippen LogP contribution in [0.25, 0.3) is 0 Å². The zero-order valence-corrected chi connectivity index (χ0v) is 11.8. The molecule has 0 heterocycles. The zero-order chi connectivity index (χ0) is 15.8. The van der Waals surface area contributed by atoms with Gasteiger partial charge in [-0.3, -0.25) is 0 Å². The number of carboxylic acid groups (broad SMARTS) is 1. The number of carbonyl (C=O) groups excluding carboxylic acids is 1. The normalized spacial score (nSPS) is 11.4. The second-order valence-electron chi connectivity index (χ2n) is 4.09. The lowest BCUT2D eigenvalue weighted by atomic mass is 10.2. The van der Waals surface area contributed by atoms with Crippen LogP contribution in [0.3, 0.4) is 0 Å². The van der Waals surface area contributed by atoms with Crippen LogP contribution in [0.5, 0.6) is 11.5 Å². The predicted molar refractivity (Wildman–Crippen MR) is 74.8 cm³/mol. The summed E-state index contributed by atoms with van der Waals surface area (Å²) in [7, 11) is 2.98. The van der Waals surface area contributed by atoms with Gasteiger partial charge in [0.05, 0.1) is 19.9 Å². The van der Waals surface area contributed by atoms with E-state index in [1.54, 1.807) is 18.2 Å². The Morgan fingerprint density at radius 3 is 2.57 bits per heavy atom. The molecule has 0 radical (unpaired) electrons. The molecule has 2 amide bonds. The lowest BCUT2D eigenvalue weighted by Crippen LogP contribution is -2.33. The second kappa shape index (κ2) is 7.95. The molecule has 1 aromatic carbocycles. The molecule has 116 valence electrons. The van der Waals surface area contributed by atoms with Crippen molar-refractivity contribution < 1.29 is 29.3 Å². The fourth-order valence-electron chi connectivity index (χ4n) is 1.51. The third kappa shape index (κ3) is 5.19. The van der Waals surface area contributed by atoms with Crippen molar-refractivity contribution in [3.05, 3.63) is 18.2 Å². The number of nitrogens with one attached hydrogen (secondary N) is 2. The topological polar surface area (TPSA) is 117 Å². The standard InChI is InChI=1S/C13H18N2O6/c1-20-8-3-4-9(11(7-8)21-2)15-13(19)14-6-5-10(16)12(17)18/h3-4,7,10,16H,5-6H2,1-2H3,(H,17,18)(H2,14,15,19)/t10-/m0/s1. The number of aliphatic hydroxyl groups excluding tert-OH is 1. The Bertz CT molecular complexity index is 505. The van der Waals surface area contributed by atoms with Gasteiger partial charge >= 0.3 is 12.0 Å². The van der Waals surface area contributed by atoms with Crippen LogP contribution in [0.4, 0.5) is 10.5 Å². The first kappa shape index (κ1) is 16.6. The van der Waals surface area contributed by atoms with Gasteiger partial charge in [0.15, 0.2) is 6.10 Å². The van der Waals surface area contributed by atoms with E-state index in [0.29, 0.717) is 17.2 Å². The highest BCUT2D eigenvalue weighted by atomic mass is 16.5. The molecular weight excluding hydrogens is 280 g/mol. The minimum Gasteiger partial charge on any atom is -0.497 e. The highest BCUT2D eigenvalue weighted by molar-refractivity contribution is 5.91. The molecule has 0 bridgehead atoms. The molecule has 0 saturated carbocycles. The van der Waals surface area contributed by atoms with Crippen molar-refractivity contribution in [2.45, 2.75) is 12.5 Å². The number of benzene rings is 1. The Hall–Kier alpha value is -2.48. The van der Waals surface area contributed by atoms with Crippen LogP contribution < -0.4 is 20.1 Å². The summed E-state index contributed by atoms with van der Waals surface area (Å²) in [5.41, 5.74) is 0.439. The van der Waals surface area contributed by atoms with Crippen molar-refractivity contribution in [2.24, 2.45) is 0 Å². The largest absolute Gasteiger partial charge is 0.497 e. The lowest BCUT2D eigenvalue weighted by molar-refractivity contribution is -0.146. The highest BCUT2D eigenvalue weighted by Crippen LogP contribution is 2.28. The van der Waals surface area contributed by atoms with Crippen LogP contribution in [-0.2, 0) is 4.79 Å². The Morgan fingerprint density at radius 1 is 1.29 bits per heavy atom. The molecule has 0 aromatic heterocycles. The second-order valence-corrected chi connectivity index (χ2v) is 4.09. The maximum absolute atomic E-state index is 11.6. The van der Waals surface area contributed by atoms with E-state index < -0.39 is 18.1 Å². The fraction of sp³-hybridized carbons (Fsp3) is 0.385. The van der Waals surface area contributed by atoms with Gasteiger partial charge in [-0.15, -0.1) is 0 Å². The summed E-state index contributed by atoms with van der Waals surface area (Å²) in [4.78, 5) is 22.1. The van der Waals surface area contributed by atoms with Crippen LogP contribution in [0.2, 0.25) is 0 Å². The molecule has 21 heavy (non-hydrogen) atoms. The van der Waals surface area contributed by atoms with Crippen molar-refractivity contribution >= 4 is 17.7 Å². The van der Waals surface area contributed by atoms with Gasteiger partial charge < -0.3 is 30.3 Å². The van der Waals surface area contributed by atoms with Gasteiger partial charge in [0.2, 0.25) is 0 Å². The van der Waals surface area contributed by atoms with Gasteiger partial charge in [0, 0.05) is 19.0 Å². The molecule has 0 spiro atoms. The number of rotatable bonds is 7. The van der Waals surface area contributed by atoms with E-state index in [0.717, 1.165) is 0 Å². The van der Waals surface area contributed by atoms with Gasteiger partial charge in [-0.1, -0.05) is 0 Å². The number of methoxy groups -OCH3 is 2. The van der Waals surface area contributed by atoms with Crippen LogP contribution >= 0.6 is 0 Å². The average Bonchev–Trinajstić information content (AvgIpc) is 2.47. The maximum Gasteiger partial charge on any atom is 0.332 e. The third-order valence-electron chi connectivity index (χ3n) is 2.65. The summed E-state index contributed by atoms with van der Waals surface area (Å²) in [5.74, 6) is -0.313. The molecular formula is C13H18N2O6. The SMILES string of the molecule is COc1ccc(NC(=O)NCC[C@H](O)C(=O)O)c(OC)c1. The number of aliphatic hydroxyl groups is 1. The zero-order valence-electron chi connectivity index (χ0n) is 11.8. The number of urea groups is 1. The Balaban J connectivity index is 2.53. The van der Waals surface area contributed by atoms with E-state index in [1.165, 1.54) is 14.2 Å². The van der Waals surface area contributed by atoms with Gasteiger partial charge in [-0.05, 0) is 12.1 Å². The number of anilines is 1. The molecule has 0 fully saturated rings. The molecule has 0 aliphatic carbocycles. The maximum atomic E-state index is 11.6. The quantitative estimate of drug-likeness (QED) is 0.587. The average molecular weight is 298 g/mol. The van der Waals surface area contributed by atoms with E-state index in [4.69, 9.17) is 19.7 Å². The molecule has 1 rings (SSSR count). The van der Waals surface area contributed by atoms with Crippen LogP contribution in [0, 0.1) is 0 Å². The van der Waals surface area contributed by atoms with Crippen LogP contribution in [0.1, 0.15) is 6.42 Å². The molecule has 4 N–H and O–H groups in total. The molecule has 0 aliphatic heterocycles. The van der Waals surface area contributed by atoms with Crippen molar-refractivity contribution in [1.82, 2.24) is 5.32 Å². The van der Waals surface area contributed by atoms with E-state index in [1.807, 2.05) is 0 Å². The van der Waals surface area contributed by atoms with Crippen LogP contribution in [-0.4, -0.2) is 49.1 Å². The summed E-state index contributed by atoms with van der Waals surface area (Å²) in [6, 6.07) is 4.36. The molecule has 0 unspecified atom stereocenters. The monoisotopic (exact) mass is 298 g/mol. The van der Waals surface area contributed by atoms with Crippen molar-refractivity contribution in [1.29, 1.82) is 0 Å². The Morgan fingerprint density at radius 2 is 2.00 bits per heavy atom. The fourth-order valence-corrected chi connectivity index (χ4v) is 1.51. The first-order chi connectivity index (χ1) is 9.97. The summed E-state index contributed by atoms with van der Waals surface area (Å²) in [5, 5.41) is 22.5. The third-order valence-corrected chi connectivity index (χ3v) is 2.65. The van der Waals surface area contributed by atoms with Gasteiger partial charge in [0.25, 0.3) is 0 Å². The van der Waals surface area contributed by atoms with Crippen molar-refractivity contribution in [2.75, 3.05) is 26.1 Å². The first-order valence-corrected chi connectivity index (χ1v) is 6.15. The minimum absolute atomic E-state index is 0.0256. The van der Waals surface area contributed by atoms with E-state index >= 15 is 0 Å². The Labute approximate surface area is 121 Å². The van der Waals surface area contributed by atoms with Gasteiger partial charge in [-0.2, -0.15) is 0 Å². The number of amides is 2. The molecule has 1 atom stereocenters. The van der Waals surface area contributed by atoms with Crippen molar-refractivity contribution in [3.8, 4) is 11.5 Å². The van der Waals surface area contributed by atoms with E-state index in [-0.39, 0.29) is 13.0 Å². The summed E-state index contributed by atoms with van der Waals surface area (Å²) >= 11 is 0. The molecule has 8 nitrogen and oxygen atoms in total. The van der Waals surface area contributed by atoms with E-state index in [2.05, 4.69) is 10.6 Å². The van der Waals surface area contributed by atoms with E-state index in [9.17, 15) is 9.59 Å². The van der Waals surface area contributed by atoms with Gasteiger partial charge in [-0.25, -0.2) is 9.59 Å². The first-order valence-electron chi connectivity index (χ1n) is 6.15. The van der Waals surface area contributed by atoms with Crippen molar-refractivity contribution in [3.63, 3.8) is 0 Å². The molecule has 8 heteroatoms. The lowest BCUT2D eigenvalue weighted by Gasteiger charge is -2.12. The number of carboxylic acids is 1.